The van der Waals surface area contributed by atoms with E-state index in [0.717, 1.165) is 24.8 Å². The van der Waals surface area contributed by atoms with Gasteiger partial charge in [0.05, 0.1) is 7.11 Å². The zero-order chi connectivity index (χ0) is 12.8. The number of hydrogen-bond acceptors (Lipinski definition) is 3. The summed E-state index contributed by atoms with van der Waals surface area (Å²) in [5, 5.41) is 3.56. The standard InChI is InChI=1S/C15H24N2O/c1-17-9-7-14(8-10-17)12-16-11-13-3-5-15(18-2)6-4-13/h3-6,14,16H,7-12H2,1-2H3. The summed E-state index contributed by atoms with van der Waals surface area (Å²) in [6, 6.07) is 8.29. The number of piperidine rings is 1. The maximum absolute atomic E-state index is 5.15. The van der Waals surface area contributed by atoms with Gasteiger partial charge in [-0.2, -0.15) is 0 Å². The average molecular weight is 248 g/mol. The minimum absolute atomic E-state index is 0.847. The molecule has 0 unspecified atom stereocenters. The first-order valence-electron chi connectivity index (χ1n) is 6.80. The van der Waals surface area contributed by atoms with Crippen LogP contribution in [0.5, 0.6) is 5.75 Å². The van der Waals surface area contributed by atoms with Crippen LogP contribution < -0.4 is 10.1 Å². The molecular weight excluding hydrogens is 224 g/mol. The van der Waals surface area contributed by atoms with Crippen molar-refractivity contribution in [1.82, 2.24) is 10.2 Å². The molecule has 2 rings (SSSR count). The SMILES string of the molecule is COc1ccc(CNCC2CCN(C)CC2)cc1. The normalized spacial score (nSPS) is 17.9. The van der Waals surface area contributed by atoms with Crippen molar-refractivity contribution < 1.29 is 4.74 Å². The zero-order valence-electron chi connectivity index (χ0n) is 11.5. The first-order valence-corrected chi connectivity index (χ1v) is 6.80. The fraction of sp³-hybridized carbons (Fsp3) is 0.600. The Morgan fingerprint density at radius 2 is 1.89 bits per heavy atom. The van der Waals surface area contributed by atoms with Crippen molar-refractivity contribution in [3.8, 4) is 5.75 Å². The van der Waals surface area contributed by atoms with Crippen LogP contribution in [-0.2, 0) is 6.54 Å². The van der Waals surface area contributed by atoms with E-state index in [-0.39, 0.29) is 0 Å². The number of methoxy groups -OCH3 is 1. The maximum atomic E-state index is 5.15. The van der Waals surface area contributed by atoms with E-state index in [1.807, 2.05) is 12.1 Å². The van der Waals surface area contributed by atoms with E-state index in [4.69, 9.17) is 4.74 Å². The number of hydrogen-bond donors (Lipinski definition) is 1. The Balaban J connectivity index is 1.68. The second-order valence-electron chi connectivity index (χ2n) is 5.23. The zero-order valence-corrected chi connectivity index (χ0v) is 11.5. The second kappa shape index (κ2) is 6.76. The van der Waals surface area contributed by atoms with Crippen LogP contribution in [0.25, 0.3) is 0 Å². The van der Waals surface area contributed by atoms with Crippen molar-refractivity contribution in [2.24, 2.45) is 5.92 Å². The predicted molar refractivity (Wildman–Crippen MR) is 74.9 cm³/mol. The molecule has 18 heavy (non-hydrogen) atoms. The molecule has 3 nitrogen and oxygen atoms in total. The number of likely N-dealkylation sites (tertiary alicyclic amines) is 1. The molecule has 1 aliphatic heterocycles. The predicted octanol–water partition coefficient (Wildman–Crippen LogP) is 2.13. The van der Waals surface area contributed by atoms with Gasteiger partial charge in [0, 0.05) is 6.54 Å². The van der Waals surface area contributed by atoms with E-state index in [0.29, 0.717) is 0 Å². The number of benzene rings is 1. The molecule has 0 bridgehead atoms. The average Bonchev–Trinajstić information content (AvgIpc) is 2.42. The molecule has 1 aromatic carbocycles. The Morgan fingerprint density at radius 3 is 2.50 bits per heavy atom. The summed E-state index contributed by atoms with van der Waals surface area (Å²) in [4.78, 5) is 2.42. The monoisotopic (exact) mass is 248 g/mol. The summed E-state index contributed by atoms with van der Waals surface area (Å²) in [5.74, 6) is 1.77. The van der Waals surface area contributed by atoms with E-state index in [1.54, 1.807) is 7.11 Å². The molecule has 0 atom stereocenters. The van der Waals surface area contributed by atoms with E-state index >= 15 is 0 Å². The molecule has 1 aromatic rings. The first kappa shape index (κ1) is 13.4. The van der Waals surface area contributed by atoms with Gasteiger partial charge in [0.2, 0.25) is 0 Å². The van der Waals surface area contributed by atoms with E-state index in [9.17, 15) is 0 Å². The minimum Gasteiger partial charge on any atom is -0.497 e. The lowest BCUT2D eigenvalue weighted by Crippen LogP contribution is -2.34. The van der Waals surface area contributed by atoms with Gasteiger partial charge in [-0.3, -0.25) is 0 Å². The fourth-order valence-electron chi connectivity index (χ4n) is 2.43. The largest absolute Gasteiger partial charge is 0.497 e. The Morgan fingerprint density at radius 1 is 1.22 bits per heavy atom. The Bertz CT molecular complexity index is 342. The number of ether oxygens (including phenoxy) is 1. The number of nitrogens with zero attached hydrogens (tertiary/aromatic N) is 1. The van der Waals surface area contributed by atoms with Crippen LogP contribution in [0.15, 0.2) is 24.3 Å². The Labute approximate surface area is 110 Å². The Kier molecular flexibility index (Phi) is 5.02. The number of rotatable bonds is 5. The van der Waals surface area contributed by atoms with Crippen molar-refractivity contribution in [1.29, 1.82) is 0 Å². The van der Waals surface area contributed by atoms with Gasteiger partial charge in [-0.05, 0) is 63.1 Å². The molecule has 1 fully saturated rings. The van der Waals surface area contributed by atoms with Gasteiger partial charge in [-0.15, -0.1) is 0 Å². The van der Waals surface area contributed by atoms with Gasteiger partial charge in [0.15, 0.2) is 0 Å². The summed E-state index contributed by atoms with van der Waals surface area (Å²) < 4.78 is 5.15. The fourth-order valence-corrected chi connectivity index (χ4v) is 2.43. The molecule has 0 saturated carbocycles. The van der Waals surface area contributed by atoms with Crippen molar-refractivity contribution in [3.63, 3.8) is 0 Å². The van der Waals surface area contributed by atoms with Gasteiger partial charge in [-0.25, -0.2) is 0 Å². The summed E-state index contributed by atoms with van der Waals surface area (Å²) in [7, 11) is 3.91. The molecule has 3 heteroatoms. The summed E-state index contributed by atoms with van der Waals surface area (Å²) in [5.41, 5.74) is 1.32. The highest BCUT2D eigenvalue weighted by Crippen LogP contribution is 2.15. The highest BCUT2D eigenvalue weighted by Gasteiger charge is 2.15. The first-order chi connectivity index (χ1) is 8.78. The molecule has 1 saturated heterocycles. The highest BCUT2D eigenvalue weighted by molar-refractivity contribution is 5.26. The highest BCUT2D eigenvalue weighted by atomic mass is 16.5. The van der Waals surface area contributed by atoms with Gasteiger partial charge in [0.1, 0.15) is 5.75 Å². The van der Waals surface area contributed by atoms with Gasteiger partial charge < -0.3 is 15.0 Å². The smallest absolute Gasteiger partial charge is 0.118 e. The molecular formula is C15H24N2O. The Hall–Kier alpha value is -1.06. The topological polar surface area (TPSA) is 24.5 Å². The third kappa shape index (κ3) is 4.00. The van der Waals surface area contributed by atoms with Gasteiger partial charge >= 0.3 is 0 Å². The van der Waals surface area contributed by atoms with Crippen molar-refractivity contribution in [2.75, 3.05) is 33.8 Å². The molecule has 0 amide bonds. The second-order valence-corrected chi connectivity index (χ2v) is 5.23. The number of nitrogens with one attached hydrogen (secondary N) is 1. The molecule has 1 aliphatic rings. The minimum atomic E-state index is 0.847. The van der Waals surface area contributed by atoms with Gasteiger partial charge in [0.25, 0.3) is 0 Å². The summed E-state index contributed by atoms with van der Waals surface area (Å²) in [6.07, 6.45) is 2.65. The lowest BCUT2D eigenvalue weighted by molar-refractivity contribution is 0.216. The third-order valence-corrected chi connectivity index (χ3v) is 3.76. The van der Waals surface area contributed by atoms with E-state index in [1.165, 1.54) is 31.5 Å². The van der Waals surface area contributed by atoms with Crippen LogP contribution in [-0.4, -0.2) is 38.7 Å². The molecule has 0 aromatic heterocycles. The van der Waals surface area contributed by atoms with Crippen molar-refractivity contribution in [2.45, 2.75) is 19.4 Å². The van der Waals surface area contributed by atoms with E-state index < -0.39 is 0 Å². The molecule has 1 heterocycles. The third-order valence-electron chi connectivity index (χ3n) is 3.76. The lowest BCUT2D eigenvalue weighted by atomic mass is 9.97. The van der Waals surface area contributed by atoms with Crippen LogP contribution in [0.3, 0.4) is 0 Å². The van der Waals surface area contributed by atoms with Crippen LogP contribution in [0.1, 0.15) is 18.4 Å². The van der Waals surface area contributed by atoms with Crippen LogP contribution >= 0.6 is 0 Å². The molecule has 0 radical (unpaired) electrons. The maximum Gasteiger partial charge on any atom is 0.118 e. The molecule has 1 N–H and O–H groups in total. The summed E-state index contributed by atoms with van der Waals surface area (Å²) >= 11 is 0. The van der Waals surface area contributed by atoms with Crippen molar-refractivity contribution in [3.05, 3.63) is 29.8 Å². The summed E-state index contributed by atoms with van der Waals surface area (Å²) in [6.45, 7) is 4.58. The molecule has 100 valence electrons. The molecule has 0 spiro atoms. The van der Waals surface area contributed by atoms with Crippen LogP contribution in [0.4, 0.5) is 0 Å². The quantitative estimate of drug-likeness (QED) is 0.864. The lowest BCUT2D eigenvalue weighted by Gasteiger charge is -2.29. The van der Waals surface area contributed by atoms with Gasteiger partial charge in [-0.1, -0.05) is 12.1 Å². The van der Waals surface area contributed by atoms with Crippen LogP contribution in [0.2, 0.25) is 0 Å². The molecule has 0 aliphatic carbocycles. The van der Waals surface area contributed by atoms with E-state index in [2.05, 4.69) is 29.4 Å². The van der Waals surface area contributed by atoms with Crippen molar-refractivity contribution >= 4 is 0 Å². The van der Waals surface area contributed by atoms with Crippen LogP contribution in [0, 0.1) is 5.92 Å².